The fourth-order valence-electron chi connectivity index (χ4n) is 3.04. The number of aliphatic hydroxyl groups is 2. The molecule has 24 heavy (non-hydrogen) atoms. The zero-order chi connectivity index (χ0) is 18.2. The van der Waals surface area contributed by atoms with Crippen molar-refractivity contribution in [1.82, 2.24) is 4.90 Å². The molecule has 0 heterocycles. The van der Waals surface area contributed by atoms with Crippen LogP contribution in [0.2, 0.25) is 0 Å². The van der Waals surface area contributed by atoms with Crippen molar-refractivity contribution >= 4 is 11.5 Å². The summed E-state index contributed by atoms with van der Waals surface area (Å²) in [5, 5.41) is 18.3. The van der Waals surface area contributed by atoms with Crippen LogP contribution in [-0.4, -0.2) is 66.8 Å². The maximum atomic E-state index is 13.1. The number of aliphatic hydroxyl groups excluding tert-OH is 2. The van der Waals surface area contributed by atoms with Gasteiger partial charge in [-0.1, -0.05) is 13.0 Å². The first-order chi connectivity index (χ1) is 11.5. The number of ketones is 1. The average Bonchev–Trinajstić information content (AvgIpc) is 2.59. The predicted molar refractivity (Wildman–Crippen MR) is 98.7 cm³/mol. The Morgan fingerprint density at radius 1 is 1.17 bits per heavy atom. The summed E-state index contributed by atoms with van der Waals surface area (Å²) in [5.74, 6) is 0.0808. The molecular weight excluding hydrogens is 304 g/mol. The fraction of sp³-hybridized carbons (Fsp3) is 0.526. The van der Waals surface area contributed by atoms with Crippen molar-refractivity contribution in [3.8, 4) is 0 Å². The van der Waals surface area contributed by atoms with Crippen LogP contribution >= 0.6 is 0 Å². The van der Waals surface area contributed by atoms with Crippen LogP contribution < -0.4 is 4.90 Å². The molecule has 2 N–H and O–H groups in total. The van der Waals surface area contributed by atoms with Gasteiger partial charge in [-0.2, -0.15) is 0 Å². The lowest BCUT2D eigenvalue weighted by Gasteiger charge is -2.37. The van der Waals surface area contributed by atoms with Crippen LogP contribution in [0.3, 0.4) is 0 Å². The van der Waals surface area contributed by atoms with Crippen LogP contribution in [0, 0.1) is 0 Å². The number of carbonyl (C=O) groups is 1. The molecule has 1 aromatic carbocycles. The maximum absolute atomic E-state index is 13.1. The smallest absolute Gasteiger partial charge is 0.183 e. The number of carbonyl (C=O) groups excluding carboxylic acids is 1. The molecule has 0 bridgehead atoms. The molecule has 134 valence electrons. The van der Waals surface area contributed by atoms with Gasteiger partial charge in [0.05, 0.1) is 18.8 Å². The number of rotatable bonds is 11. The number of Topliss-reactive ketones (excluding diaryl/α,β-unsaturated/α-hetero) is 1. The molecule has 0 fully saturated rings. The molecule has 0 aliphatic carbocycles. The highest BCUT2D eigenvalue weighted by Gasteiger charge is 2.38. The number of hydrogen-bond donors (Lipinski definition) is 2. The highest BCUT2D eigenvalue weighted by molar-refractivity contribution is 6.03. The van der Waals surface area contributed by atoms with Gasteiger partial charge in [-0.15, -0.1) is 6.58 Å². The molecule has 0 aliphatic heterocycles. The molecule has 1 aromatic rings. The molecular formula is C19H30N2O3. The van der Waals surface area contributed by atoms with E-state index in [1.165, 1.54) is 0 Å². The molecule has 0 spiro atoms. The molecule has 0 radical (unpaired) electrons. The highest BCUT2D eigenvalue weighted by Crippen LogP contribution is 2.28. The summed E-state index contributed by atoms with van der Waals surface area (Å²) >= 11 is 0. The zero-order valence-electron chi connectivity index (χ0n) is 15.0. The van der Waals surface area contributed by atoms with Crippen molar-refractivity contribution in [3.63, 3.8) is 0 Å². The van der Waals surface area contributed by atoms with Gasteiger partial charge in [-0.25, -0.2) is 0 Å². The van der Waals surface area contributed by atoms with Crippen LogP contribution in [0.15, 0.2) is 36.9 Å². The SMILES string of the molecule is C=CCC(CC)(C(=O)c1ccc(N(CCO)CCO)cc1)N(C)C. The summed E-state index contributed by atoms with van der Waals surface area (Å²) in [7, 11) is 3.84. The Balaban J connectivity index is 3.09. The van der Waals surface area contributed by atoms with Crippen molar-refractivity contribution < 1.29 is 15.0 Å². The van der Waals surface area contributed by atoms with Gasteiger partial charge in [0.15, 0.2) is 5.78 Å². The summed E-state index contributed by atoms with van der Waals surface area (Å²) < 4.78 is 0. The van der Waals surface area contributed by atoms with Gasteiger partial charge in [0.2, 0.25) is 0 Å². The van der Waals surface area contributed by atoms with Crippen LogP contribution in [-0.2, 0) is 0 Å². The van der Waals surface area contributed by atoms with E-state index in [2.05, 4.69) is 6.58 Å². The molecule has 1 rings (SSSR count). The molecule has 0 saturated heterocycles. The average molecular weight is 334 g/mol. The first-order valence-corrected chi connectivity index (χ1v) is 8.36. The Kier molecular flexibility index (Phi) is 8.11. The van der Waals surface area contributed by atoms with E-state index in [1.807, 2.05) is 55.1 Å². The van der Waals surface area contributed by atoms with Gasteiger partial charge in [0.1, 0.15) is 0 Å². The second kappa shape index (κ2) is 9.57. The Labute approximate surface area is 145 Å². The third-order valence-corrected chi connectivity index (χ3v) is 4.58. The monoisotopic (exact) mass is 334 g/mol. The highest BCUT2D eigenvalue weighted by atomic mass is 16.3. The summed E-state index contributed by atoms with van der Waals surface area (Å²) in [6, 6.07) is 7.36. The predicted octanol–water partition coefficient (Wildman–Crippen LogP) is 1.95. The molecule has 0 aliphatic rings. The number of likely N-dealkylation sites (N-methyl/N-ethyl adjacent to an activating group) is 1. The van der Waals surface area contributed by atoms with E-state index in [1.54, 1.807) is 6.08 Å². The van der Waals surface area contributed by atoms with Gasteiger partial charge in [0, 0.05) is 24.3 Å². The number of anilines is 1. The summed E-state index contributed by atoms with van der Waals surface area (Å²) in [5.41, 5.74) is 0.952. The normalized spacial score (nSPS) is 13.6. The van der Waals surface area contributed by atoms with E-state index in [0.717, 1.165) is 5.69 Å². The molecule has 0 aromatic heterocycles. The van der Waals surface area contributed by atoms with E-state index >= 15 is 0 Å². The fourth-order valence-corrected chi connectivity index (χ4v) is 3.04. The molecule has 0 amide bonds. The van der Waals surface area contributed by atoms with Gasteiger partial charge in [0.25, 0.3) is 0 Å². The quantitative estimate of drug-likeness (QED) is 0.478. The minimum atomic E-state index is -0.584. The number of benzene rings is 1. The lowest BCUT2D eigenvalue weighted by atomic mass is 9.82. The third kappa shape index (κ3) is 4.44. The Morgan fingerprint density at radius 3 is 2.08 bits per heavy atom. The molecule has 0 saturated carbocycles. The van der Waals surface area contributed by atoms with E-state index in [4.69, 9.17) is 10.2 Å². The Hall–Kier alpha value is -1.69. The van der Waals surface area contributed by atoms with Gasteiger partial charge in [-0.3, -0.25) is 9.69 Å². The minimum absolute atomic E-state index is 0.0135. The van der Waals surface area contributed by atoms with Crippen LogP contribution in [0.5, 0.6) is 0 Å². The summed E-state index contributed by atoms with van der Waals surface area (Å²) in [6.07, 6.45) is 3.09. The van der Waals surface area contributed by atoms with E-state index in [9.17, 15) is 4.79 Å². The zero-order valence-corrected chi connectivity index (χ0v) is 15.0. The Morgan fingerprint density at radius 2 is 1.71 bits per heavy atom. The number of hydrogen-bond acceptors (Lipinski definition) is 5. The van der Waals surface area contributed by atoms with Crippen molar-refractivity contribution in [3.05, 3.63) is 42.5 Å². The summed E-state index contributed by atoms with van der Waals surface area (Å²) in [4.78, 5) is 16.9. The Bertz CT molecular complexity index is 522. The van der Waals surface area contributed by atoms with Crippen molar-refractivity contribution in [2.24, 2.45) is 0 Å². The molecule has 5 heteroatoms. The van der Waals surface area contributed by atoms with Gasteiger partial charge in [-0.05, 0) is 51.2 Å². The van der Waals surface area contributed by atoms with Crippen LogP contribution in [0.4, 0.5) is 5.69 Å². The molecule has 1 atom stereocenters. The standard InChI is InChI=1S/C19H30N2O3/c1-5-11-19(6-2,20(3)4)18(24)16-7-9-17(10-8-16)21(12-14-22)13-15-23/h5,7-10,22-23H,1,6,11-15H2,2-4H3. The van der Waals surface area contributed by atoms with E-state index < -0.39 is 5.54 Å². The second-order valence-electron chi connectivity index (χ2n) is 6.08. The largest absolute Gasteiger partial charge is 0.395 e. The first kappa shape index (κ1) is 20.4. The van der Waals surface area contributed by atoms with E-state index in [0.29, 0.717) is 31.5 Å². The van der Waals surface area contributed by atoms with Crippen molar-refractivity contribution in [2.45, 2.75) is 25.3 Å². The first-order valence-electron chi connectivity index (χ1n) is 8.36. The molecule has 5 nitrogen and oxygen atoms in total. The van der Waals surface area contributed by atoms with Crippen LogP contribution in [0.25, 0.3) is 0 Å². The second-order valence-corrected chi connectivity index (χ2v) is 6.08. The van der Waals surface area contributed by atoms with Gasteiger partial charge >= 0.3 is 0 Å². The van der Waals surface area contributed by atoms with Crippen LogP contribution in [0.1, 0.15) is 30.1 Å². The minimum Gasteiger partial charge on any atom is -0.395 e. The molecule has 1 unspecified atom stereocenters. The summed E-state index contributed by atoms with van der Waals surface area (Å²) in [6.45, 7) is 6.73. The van der Waals surface area contributed by atoms with Gasteiger partial charge < -0.3 is 15.1 Å². The lowest BCUT2D eigenvalue weighted by Crippen LogP contribution is -2.50. The van der Waals surface area contributed by atoms with Crippen molar-refractivity contribution in [1.29, 1.82) is 0 Å². The van der Waals surface area contributed by atoms with Crippen molar-refractivity contribution in [2.75, 3.05) is 45.3 Å². The number of nitrogens with zero attached hydrogens (tertiary/aromatic N) is 2. The maximum Gasteiger partial charge on any atom is 0.183 e. The lowest BCUT2D eigenvalue weighted by molar-refractivity contribution is 0.0673. The van der Waals surface area contributed by atoms with E-state index in [-0.39, 0.29) is 19.0 Å². The topological polar surface area (TPSA) is 64.0 Å². The third-order valence-electron chi connectivity index (χ3n) is 4.58.